The van der Waals surface area contributed by atoms with E-state index in [-0.39, 0.29) is 17.8 Å². The van der Waals surface area contributed by atoms with Crippen molar-refractivity contribution in [3.63, 3.8) is 0 Å². The summed E-state index contributed by atoms with van der Waals surface area (Å²) in [6.45, 7) is 5.92. The second-order valence-electron chi connectivity index (χ2n) is 4.34. The van der Waals surface area contributed by atoms with E-state index < -0.39 is 10.0 Å². The van der Waals surface area contributed by atoms with Crippen LogP contribution in [0.4, 0.5) is 0 Å². The van der Waals surface area contributed by atoms with Gasteiger partial charge in [0.05, 0.1) is 5.75 Å². The van der Waals surface area contributed by atoms with Gasteiger partial charge in [0.25, 0.3) is 0 Å². The molecule has 0 radical (unpaired) electrons. The third kappa shape index (κ3) is 3.30. The first-order chi connectivity index (χ1) is 7.51. The van der Waals surface area contributed by atoms with Gasteiger partial charge in [-0.25, -0.2) is 8.42 Å². The van der Waals surface area contributed by atoms with Crippen molar-refractivity contribution in [3.05, 3.63) is 12.7 Å². The van der Waals surface area contributed by atoms with Gasteiger partial charge in [-0.2, -0.15) is 4.31 Å². The Bertz CT molecular complexity index is 319. The fraction of sp³-hybridized carbons (Fsp3) is 0.818. The highest BCUT2D eigenvalue weighted by Gasteiger charge is 2.30. The van der Waals surface area contributed by atoms with Crippen LogP contribution in [-0.4, -0.2) is 37.1 Å². The van der Waals surface area contributed by atoms with Crippen LogP contribution in [0.15, 0.2) is 12.7 Å². The minimum Gasteiger partial charge on any atom is -0.328 e. The molecule has 0 spiro atoms. The van der Waals surface area contributed by atoms with Crippen molar-refractivity contribution >= 4 is 10.0 Å². The number of hydrogen-bond acceptors (Lipinski definition) is 3. The standard InChI is InChI=1S/C11H22N2O2S/c1-3-9-16(14,15)13(4-2)11-7-5-10(12)6-8-11/h3,10-11H,1,4-9,12H2,2H3. The highest BCUT2D eigenvalue weighted by Crippen LogP contribution is 2.24. The van der Waals surface area contributed by atoms with E-state index >= 15 is 0 Å². The average Bonchev–Trinajstić information content (AvgIpc) is 2.21. The van der Waals surface area contributed by atoms with E-state index in [0.717, 1.165) is 25.7 Å². The predicted octanol–water partition coefficient (Wildman–Crippen LogP) is 1.09. The van der Waals surface area contributed by atoms with Crippen molar-refractivity contribution in [3.8, 4) is 0 Å². The minimum absolute atomic E-state index is 0.0311. The molecule has 0 aromatic carbocycles. The number of nitrogens with zero attached hydrogens (tertiary/aromatic N) is 1. The first kappa shape index (κ1) is 13.7. The lowest BCUT2D eigenvalue weighted by molar-refractivity contribution is 0.248. The van der Waals surface area contributed by atoms with Gasteiger partial charge in [-0.05, 0) is 25.7 Å². The summed E-state index contributed by atoms with van der Waals surface area (Å²) < 4.78 is 25.5. The lowest BCUT2D eigenvalue weighted by Crippen LogP contribution is -2.44. The molecule has 4 nitrogen and oxygen atoms in total. The summed E-state index contributed by atoms with van der Waals surface area (Å²) in [6.07, 6.45) is 5.05. The van der Waals surface area contributed by atoms with Gasteiger partial charge in [-0.1, -0.05) is 13.0 Å². The summed E-state index contributed by atoms with van der Waals surface area (Å²) in [5.41, 5.74) is 5.82. The summed E-state index contributed by atoms with van der Waals surface area (Å²) in [5, 5.41) is 0. The van der Waals surface area contributed by atoms with Crippen LogP contribution in [0.1, 0.15) is 32.6 Å². The molecule has 1 saturated carbocycles. The highest BCUT2D eigenvalue weighted by atomic mass is 32.2. The van der Waals surface area contributed by atoms with Gasteiger partial charge in [0.15, 0.2) is 0 Å². The Hall–Kier alpha value is -0.390. The third-order valence-corrected chi connectivity index (χ3v) is 5.07. The zero-order chi connectivity index (χ0) is 12.2. The smallest absolute Gasteiger partial charge is 0.217 e. The van der Waals surface area contributed by atoms with Crippen LogP contribution in [0.25, 0.3) is 0 Å². The Balaban J connectivity index is 2.71. The van der Waals surface area contributed by atoms with Gasteiger partial charge in [0.1, 0.15) is 0 Å². The first-order valence-electron chi connectivity index (χ1n) is 5.87. The molecule has 1 rings (SSSR count). The number of rotatable bonds is 5. The molecule has 0 atom stereocenters. The minimum atomic E-state index is -3.17. The Morgan fingerprint density at radius 3 is 2.38 bits per heavy atom. The van der Waals surface area contributed by atoms with Crippen LogP contribution < -0.4 is 5.73 Å². The van der Waals surface area contributed by atoms with Gasteiger partial charge in [0.2, 0.25) is 10.0 Å². The predicted molar refractivity (Wildman–Crippen MR) is 66.6 cm³/mol. The Kier molecular flexibility index (Phi) is 4.95. The molecule has 0 bridgehead atoms. The van der Waals surface area contributed by atoms with E-state index in [1.165, 1.54) is 6.08 Å². The third-order valence-electron chi connectivity index (χ3n) is 3.15. The molecular weight excluding hydrogens is 224 g/mol. The van der Waals surface area contributed by atoms with Gasteiger partial charge < -0.3 is 5.73 Å². The number of hydrogen-bond donors (Lipinski definition) is 1. The first-order valence-corrected chi connectivity index (χ1v) is 7.48. The van der Waals surface area contributed by atoms with Crippen LogP contribution in [0.2, 0.25) is 0 Å². The SMILES string of the molecule is C=CCS(=O)(=O)N(CC)C1CCC(N)CC1. The molecule has 0 amide bonds. The summed E-state index contributed by atoms with van der Waals surface area (Å²) >= 11 is 0. The fourth-order valence-corrected chi connectivity index (χ4v) is 3.86. The molecule has 0 aliphatic heterocycles. The van der Waals surface area contributed by atoms with E-state index in [9.17, 15) is 8.42 Å². The molecule has 94 valence electrons. The Labute approximate surface area is 98.6 Å². The zero-order valence-corrected chi connectivity index (χ0v) is 10.7. The van der Waals surface area contributed by atoms with Crippen molar-refractivity contribution in [1.82, 2.24) is 4.31 Å². The Morgan fingerprint density at radius 2 is 1.94 bits per heavy atom. The molecule has 0 heterocycles. The lowest BCUT2D eigenvalue weighted by Gasteiger charge is -2.34. The van der Waals surface area contributed by atoms with Crippen molar-refractivity contribution in [2.24, 2.45) is 5.73 Å². The molecule has 5 heteroatoms. The highest BCUT2D eigenvalue weighted by molar-refractivity contribution is 7.89. The molecule has 1 aliphatic rings. The Morgan fingerprint density at radius 1 is 1.38 bits per heavy atom. The maximum absolute atomic E-state index is 12.0. The maximum atomic E-state index is 12.0. The number of sulfonamides is 1. The molecular formula is C11H22N2O2S. The molecule has 0 saturated heterocycles. The van der Waals surface area contributed by atoms with Crippen molar-refractivity contribution < 1.29 is 8.42 Å². The molecule has 0 aromatic heterocycles. The van der Waals surface area contributed by atoms with Gasteiger partial charge in [-0.15, -0.1) is 6.58 Å². The molecule has 0 unspecified atom stereocenters. The van der Waals surface area contributed by atoms with Gasteiger partial charge in [-0.3, -0.25) is 0 Å². The number of nitrogens with two attached hydrogens (primary N) is 1. The quantitative estimate of drug-likeness (QED) is 0.739. The van der Waals surface area contributed by atoms with Crippen LogP contribution in [0, 0.1) is 0 Å². The molecule has 1 fully saturated rings. The fourth-order valence-electron chi connectivity index (χ4n) is 2.32. The molecule has 16 heavy (non-hydrogen) atoms. The van der Waals surface area contributed by atoms with E-state index in [2.05, 4.69) is 6.58 Å². The largest absolute Gasteiger partial charge is 0.328 e. The van der Waals surface area contributed by atoms with Crippen LogP contribution in [0.3, 0.4) is 0 Å². The lowest BCUT2D eigenvalue weighted by atomic mass is 9.92. The molecule has 2 N–H and O–H groups in total. The van der Waals surface area contributed by atoms with Crippen LogP contribution in [0.5, 0.6) is 0 Å². The molecule has 0 aromatic rings. The summed E-state index contributed by atoms with van der Waals surface area (Å²) in [5.74, 6) is 0.0311. The maximum Gasteiger partial charge on any atom is 0.217 e. The van der Waals surface area contributed by atoms with E-state index in [1.807, 2.05) is 6.92 Å². The summed E-state index contributed by atoms with van der Waals surface area (Å²) in [6, 6.07) is 0.381. The van der Waals surface area contributed by atoms with Crippen molar-refractivity contribution in [1.29, 1.82) is 0 Å². The monoisotopic (exact) mass is 246 g/mol. The van der Waals surface area contributed by atoms with Crippen molar-refractivity contribution in [2.75, 3.05) is 12.3 Å². The van der Waals surface area contributed by atoms with E-state index in [1.54, 1.807) is 4.31 Å². The topological polar surface area (TPSA) is 63.4 Å². The van der Waals surface area contributed by atoms with Crippen molar-refractivity contribution in [2.45, 2.75) is 44.7 Å². The van der Waals surface area contributed by atoms with Crippen LogP contribution >= 0.6 is 0 Å². The van der Waals surface area contributed by atoms with Crippen LogP contribution in [-0.2, 0) is 10.0 Å². The zero-order valence-electron chi connectivity index (χ0n) is 9.93. The summed E-state index contributed by atoms with van der Waals surface area (Å²) in [4.78, 5) is 0. The van der Waals surface area contributed by atoms with E-state index in [0.29, 0.717) is 6.54 Å². The molecule has 1 aliphatic carbocycles. The van der Waals surface area contributed by atoms with Gasteiger partial charge >= 0.3 is 0 Å². The van der Waals surface area contributed by atoms with E-state index in [4.69, 9.17) is 5.73 Å². The normalized spacial score (nSPS) is 26.9. The second kappa shape index (κ2) is 5.80. The van der Waals surface area contributed by atoms with Gasteiger partial charge in [0, 0.05) is 18.6 Å². The second-order valence-corrected chi connectivity index (χ2v) is 6.31. The summed E-state index contributed by atoms with van der Waals surface area (Å²) in [7, 11) is -3.17. The average molecular weight is 246 g/mol.